The largest absolute Gasteiger partial charge is 0.496 e. The Labute approximate surface area is 178 Å². The minimum atomic E-state index is -3.24. The monoisotopic (exact) mass is 428 g/mol. The number of ether oxygens (including phenoxy) is 1. The van der Waals surface area contributed by atoms with Gasteiger partial charge in [-0.3, -0.25) is 4.79 Å². The predicted molar refractivity (Wildman–Crippen MR) is 117 cm³/mol. The van der Waals surface area contributed by atoms with Crippen molar-refractivity contribution in [1.29, 1.82) is 0 Å². The summed E-state index contributed by atoms with van der Waals surface area (Å²) in [4.78, 5) is 13.2. The van der Waals surface area contributed by atoms with E-state index in [9.17, 15) is 13.2 Å². The van der Waals surface area contributed by atoms with Crippen molar-refractivity contribution in [3.05, 3.63) is 59.2 Å². The van der Waals surface area contributed by atoms with E-state index in [1.165, 1.54) is 0 Å². The molecule has 1 saturated carbocycles. The highest BCUT2D eigenvalue weighted by atomic mass is 32.2. The highest BCUT2D eigenvalue weighted by Crippen LogP contribution is 2.52. The smallest absolute Gasteiger partial charge is 0.235 e. The fourth-order valence-corrected chi connectivity index (χ4v) is 5.75. The van der Waals surface area contributed by atoms with Crippen LogP contribution in [0.3, 0.4) is 0 Å². The van der Waals surface area contributed by atoms with E-state index in [0.717, 1.165) is 35.3 Å². The number of hydrogen-bond donors (Lipinski definition) is 1. The maximum atomic E-state index is 13.2. The van der Waals surface area contributed by atoms with Gasteiger partial charge in [-0.25, -0.2) is 8.42 Å². The van der Waals surface area contributed by atoms with Crippen LogP contribution in [0.1, 0.15) is 42.9 Å². The van der Waals surface area contributed by atoms with Crippen LogP contribution in [0.15, 0.2) is 42.5 Å². The van der Waals surface area contributed by atoms with Gasteiger partial charge in [-0.15, -0.1) is 0 Å². The molecule has 30 heavy (non-hydrogen) atoms. The van der Waals surface area contributed by atoms with Crippen molar-refractivity contribution >= 4 is 21.6 Å². The van der Waals surface area contributed by atoms with Gasteiger partial charge in [-0.1, -0.05) is 31.2 Å². The van der Waals surface area contributed by atoms with Gasteiger partial charge in [0, 0.05) is 24.3 Å². The zero-order valence-electron chi connectivity index (χ0n) is 17.5. The van der Waals surface area contributed by atoms with E-state index in [0.29, 0.717) is 31.6 Å². The maximum absolute atomic E-state index is 13.2. The molecule has 4 rings (SSSR count). The first-order valence-electron chi connectivity index (χ1n) is 10.4. The number of amides is 1. The minimum Gasteiger partial charge on any atom is -0.496 e. The van der Waals surface area contributed by atoms with Crippen molar-refractivity contribution in [3.63, 3.8) is 0 Å². The van der Waals surface area contributed by atoms with Crippen LogP contribution in [0.5, 0.6) is 5.75 Å². The molecule has 1 fully saturated rings. The van der Waals surface area contributed by atoms with Gasteiger partial charge in [0.25, 0.3) is 0 Å². The fourth-order valence-electron chi connectivity index (χ4n) is 4.27. The molecule has 1 N–H and O–H groups in total. The predicted octanol–water partition coefficient (Wildman–Crippen LogP) is 3.46. The Morgan fingerprint density at radius 2 is 1.93 bits per heavy atom. The molecule has 0 atom stereocenters. The lowest BCUT2D eigenvalue weighted by Gasteiger charge is -2.28. The Balaban J connectivity index is 1.54. The van der Waals surface area contributed by atoms with Crippen molar-refractivity contribution in [1.82, 2.24) is 4.31 Å². The first kappa shape index (κ1) is 20.9. The highest BCUT2D eigenvalue weighted by molar-refractivity contribution is 7.89. The number of hydrogen-bond acceptors (Lipinski definition) is 4. The van der Waals surface area contributed by atoms with Crippen LogP contribution in [-0.4, -0.2) is 38.0 Å². The van der Waals surface area contributed by atoms with E-state index in [1.807, 2.05) is 49.4 Å². The SMILES string of the molecule is CCCS(=O)(=O)N1CCc2ccc(NC(=O)C3(c4ccccc4OC)CC3)cc2C1. The van der Waals surface area contributed by atoms with Gasteiger partial charge in [-0.05, 0) is 55.0 Å². The standard InChI is InChI=1S/C23H28N2O4S/c1-3-14-30(27,28)25-13-10-17-8-9-19(15-18(17)16-25)24-22(26)23(11-12-23)20-6-4-5-7-21(20)29-2/h4-9,15H,3,10-14,16H2,1-2H3,(H,24,26). The molecule has 2 aromatic rings. The Morgan fingerprint density at radius 3 is 2.63 bits per heavy atom. The van der Waals surface area contributed by atoms with Crippen LogP contribution in [0.4, 0.5) is 5.69 Å². The first-order valence-corrected chi connectivity index (χ1v) is 12.0. The second-order valence-electron chi connectivity index (χ2n) is 8.12. The Bertz CT molecular complexity index is 1060. The maximum Gasteiger partial charge on any atom is 0.235 e. The molecule has 0 bridgehead atoms. The summed E-state index contributed by atoms with van der Waals surface area (Å²) < 4.78 is 31.9. The van der Waals surface area contributed by atoms with Crippen LogP contribution in [-0.2, 0) is 33.2 Å². The summed E-state index contributed by atoms with van der Waals surface area (Å²) in [5.41, 5.74) is 3.16. The Morgan fingerprint density at radius 1 is 1.17 bits per heavy atom. The van der Waals surface area contributed by atoms with E-state index < -0.39 is 15.4 Å². The number of sulfonamides is 1. The van der Waals surface area contributed by atoms with Crippen LogP contribution in [0.25, 0.3) is 0 Å². The molecular formula is C23H28N2O4S. The molecule has 2 aromatic carbocycles. The van der Waals surface area contributed by atoms with Crippen molar-refractivity contribution in [2.45, 2.75) is 44.6 Å². The van der Waals surface area contributed by atoms with Crippen molar-refractivity contribution in [2.24, 2.45) is 0 Å². The van der Waals surface area contributed by atoms with E-state index in [1.54, 1.807) is 11.4 Å². The third-order valence-electron chi connectivity index (χ3n) is 6.10. The average molecular weight is 429 g/mol. The topological polar surface area (TPSA) is 75.7 Å². The summed E-state index contributed by atoms with van der Waals surface area (Å²) in [6, 6.07) is 13.5. The third-order valence-corrected chi connectivity index (χ3v) is 8.13. The van der Waals surface area contributed by atoms with Crippen molar-refractivity contribution < 1.29 is 17.9 Å². The van der Waals surface area contributed by atoms with Crippen molar-refractivity contribution in [3.8, 4) is 5.75 Å². The van der Waals surface area contributed by atoms with E-state index in [2.05, 4.69) is 5.32 Å². The van der Waals surface area contributed by atoms with Crippen LogP contribution in [0, 0.1) is 0 Å². The molecular weight excluding hydrogens is 400 g/mol. The van der Waals surface area contributed by atoms with E-state index in [-0.39, 0.29) is 11.7 Å². The quantitative estimate of drug-likeness (QED) is 0.733. The summed E-state index contributed by atoms with van der Waals surface area (Å²) in [6.07, 6.45) is 2.87. The van der Waals surface area contributed by atoms with Gasteiger partial charge in [0.2, 0.25) is 15.9 Å². The van der Waals surface area contributed by atoms with E-state index >= 15 is 0 Å². The lowest BCUT2D eigenvalue weighted by Crippen LogP contribution is -2.37. The average Bonchev–Trinajstić information content (AvgIpc) is 3.55. The Kier molecular flexibility index (Phi) is 5.59. The lowest BCUT2D eigenvalue weighted by atomic mass is 9.93. The molecule has 1 amide bonds. The number of carbonyl (C=O) groups excluding carboxylic acids is 1. The van der Waals surface area contributed by atoms with Gasteiger partial charge in [0.1, 0.15) is 5.75 Å². The van der Waals surface area contributed by atoms with Gasteiger partial charge in [0.15, 0.2) is 0 Å². The number of benzene rings is 2. The van der Waals surface area contributed by atoms with Crippen molar-refractivity contribution in [2.75, 3.05) is 24.7 Å². The number of nitrogens with zero attached hydrogens (tertiary/aromatic N) is 1. The number of carbonyl (C=O) groups is 1. The normalized spacial score (nSPS) is 17.8. The lowest BCUT2D eigenvalue weighted by molar-refractivity contribution is -0.118. The molecule has 0 radical (unpaired) electrons. The number of nitrogens with one attached hydrogen (secondary N) is 1. The van der Waals surface area contributed by atoms with Crippen LogP contribution < -0.4 is 10.1 Å². The highest BCUT2D eigenvalue weighted by Gasteiger charge is 2.52. The summed E-state index contributed by atoms with van der Waals surface area (Å²) in [5.74, 6) is 0.853. The Hall–Kier alpha value is -2.38. The second-order valence-corrected chi connectivity index (χ2v) is 10.2. The number of para-hydroxylation sites is 1. The summed E-state index contributed by atoms with van der Waals surface area (Å²) in [7, 11) is -1.62. The third kappa shape index (κ3) is 3.84. The molecule has 2 aliphatic rings. The van der Waals surface area contributed by atoms with Gasteiger partial charge in [0.05, 0.1) is 18.3 Å². The minimum absolute atomic E-state index is 0.0433. The zero-order valence-corrected chi connectivity index (χ0v) is 18.3. The molecule has 0 unspecified atom stereocenters. The van der Waals surface area contributed by atoms with Gasteiger partial charge >= 0.3 is 0 Å². The number of fused-ring (bicyclic) bond motifs is 1. The molecule has 160 valence electrons. The summed E-state index contributed by atoms with van der Waals surface area (Å²) >= 11 is 0. The molecule has 1 heterocycles. The van der Waals surface area contributed by atoms with Gasteiger partial charge in [-0.2, -0.15) is 4.31 Å². The zero-order chi connectivity index (χ0) is 21.4. The number of anilines is 1. The van der Waals surface area contributed by atoms with Gasteiger partial charge < -0.3 is 10.1 Å². The number of methoxy groups -OCH3 is 1. The summed E-state index contributed by atoms with van der Waals surface area (Å²) in [6.45, 7) is 2.75. The second kappa shape index (κ2) is 8.04. The molecule has 7 heteroatoms. The van der Waals surface area contributed by atoms with E-state index in [4.69, 9.17) is 4.74 Å². The number of rotatable bonds is 7. The van der Waals surface area contributed by atoms with Crippen LogP contribution >= 0.6 is 0 Å². The molecule has 0 spiro atoms. The first-order chi connectivity index (χ1) is 14.4. The molecule has 0 saturated heterocycles. The molecule has 1 aliphatic carbocycles. The molecule has 0 aromatic heterocycles. The molecule has 1 aliphatic heterocycles. The fraction of sp³-hybridized carbons (Fsp3) is 0.435. The molecule has 6 nitrogen and oxygen atoms in total. The van der Waals surface area contributed by atoms with Crippen LogP contribution in [0.2, 0.25) is 0 Å². The summed E-state index contributed by atoms with van der Waals surface area (Å²) in [5, 5.41) is 3.06.